The third kappa shape index (κ3) is 5.12. The van der Waals surface area contributed by atoms with E-state index in [0.29, 0.717) is 29.9 Å². The minimum absolute atomic E-state index is 0. The number of aromatic nitrogens is 2. The summed E-state index contributed by atoms with van der Waals surface area (Å²) in [7, 11) is 0. The van der Waals surface area contributed by atoms with Gasteiger partial charge in [0.15, 0.2) is 0 Å². The fourth-order valence-corrected chi connectivity index (χ4v) is 6.53. The van der Waals surface area contributed by atoms with Crippen molar-refractivity contribution in [2.75, 3.05) is 6.61 Å². The van der Waals surface area contributed by atoms with Crippen molar-refractivity contribution < 1.29 is 30.5 Å². The molecule has 0 spiro atoms. The Bertz CT molecular complexity index is 2020. The van der Waals surface area contributed by atoms with Crippen LogP contribution in [0.2, 0.25) is 0 Å². The van der Waals surface area contributed by atoms with E-state index in [1.165, 1.54) is 27.6 Å². The number of ether oxygens (including phenoxy) is 2. The topological polar surface area (TPSA) is 48.6 Å². The van der Waals surface area contributed by atoms with Crippen LogP contribution >= 0.6 is 0 Å². The van der Waals surface area contributed by atoms with Crippen molar-refractivity contribution in [2.24, 2.45) is 4.99 Å². The number of fused-ring (bicyclic) bond motifs is 5. The number of hydrogen-bond acceptors (Lipinski definition) is 4. The second-order valence-electron chi connectivity index (χ2n) is 15.0. The molecule has 2 aliphatic heterocycles. The van der Waals surface area contributed by atoms with Crippen molar-refractivity contribution >= 4 is 27.8 Å². The Morgan fingerprint density at radius 2 is 1.73 bits per heavy atom. The van der Waals surface area contributed by atoms with Gasteiger partial charge in [-0.05, 0) is 59.9 Å². The molecular weight excluding hydrogens is 738 g/mol. The summed E-state index contributed by atoms with van der Waals surface area (Å²) in [6.45, 7) is 22.7. The van der Waals surface area contributed by atoms with Crippen molar-refractivity contribution in [3.05, 3.63) is 94.2 Å². The smallest absolute Gasteiger partial charge is 0.518 e. The monoisotopic (exact) mass is 778 g/mol. The molecule has 5 nitrogen and oxygen atoms in total. The zero-order valence-electron chi connectivity index (χ0n) is 27.9. The molecule has 0 saturated heterocycles. The molecule has 45 heavy (non-hydrogen) atoms. The number of benzene rings is 3. The molecule has 234 valence electrons. The number of hydrogen-bond donors (Lipinski definition) is 0. The standard InChI is InChI=1S/C39H41N3O2.Pt/c1-22(2)24-15-25(36-41-38(7,8)21-43-36)17-27(16-24)44-33-20-32-30(14-23(33)3)39(9,10)31-19-26(37(4,5)6)18-29-28-12-11-13-40-35(28)42(32)34(29)31;/h11-16,18-19,22H,21H2,1-10H3;/q-2;+2. The van der Waals surface area contributed by atoms with Gasteiger partial charge in [-0.3, -0.25) is 4.99 Å². The fraction of sp³-hybridized carbons (Fsp3) is 0.385. The molecule has 0 N–H and O–H groups in total. The molecule has 0 aliphatic carbocycles. The van der Waals surface area contributed by atoms with Crippen LogP contribution in [0.15, 0.2) is 53.7 Å². The van der Waals surface area contributed by atoms with E-state index in [2.05, 4.69) is 122 Å². The first-order valence-corrected chi connectivity index (χ1v) is 15.6. The molecule has 0 radical (unpaired) electrons. The fourth-order valence-electron chi connectivity index (χ4n) is 6.53. The van der Waals surface area contributed by atoms with Crippen molar-refractivity contribution in [1.82, 2.24) is 9.55 Å². The van der Waals surface area contributed by atoms with E-state index in [4.69, 9.17) is 19.5 Å². The van der Waals surface area contributed by atoms with Crippen LogP contribution in [0.25, 0.3) is 27.6 Å². The summed E-state index contributed by atoms with van der Waals surface area (Å²) in [6.07, 6.45) is 1.88. The zero-order chi connectivity index (χ0) is 31.3. The molecule has 0 saturated carbocycles. The van der Waals surface area contributed by atoms with Crippen LogP contribution in [0.4, 0.5) is 0 Å². The van der Waals surface area contributed by atoms with Gasteiger partial charge in [0.05, 0.1) is 11.1 Å². The minimum atomic E-state index is -0.253. The van der Waals surface area contributed by atoms with Crippen LogP contribution in [-0.4, -0.2) is 27.6 Å². The molecule has 3 aromatic carbocycles. The molecule has 2 aromatic heterocycles. The molecule has 0 unspecified atom stereocenters. The van der Waals surface area contributed by atoms with E-state index < -0.39 is 0 Å². The van der Waals surface area contributed by atoms with Crippen LogP contribution in [-0.2, 0) is 36.6 Å². The number of pyridine rings is 1. The third-order valence-electron chi connectivity index (χ3n) is 9.21. The van der Waals surface area contributed by atoms with Crippen molar-refractivity contribution in [3.63, 3.8) is 0 Å². The SMILES string of the molecule is Cc1cc2c([c-]c1Oc1[c-]c(C3=NC(C)(C)CO3)cc(C(C)C)c1)-n1c3ncccc3c3cc(C(C)(C)C)cc(c31)C2(C)C.[Pt+2]. The first-order chi connectivity index (χ1) is 20.6. The minimum Gasteiger partial charge on any atom is -0.518 e. The Hall–Kier alpha value is -3.43. The van der Waals surface area contributed by atoms with Gasteiger partial charge >= 0.3 is 21.1 Å². The maximum absolute atomic E-state index is 6.67. The van der Waals surface area contributed by atoms with Gasteiger partial charge in [-0.25, -0.2) is 4.98 Å². The summed E-state index contributed by atoms with van der Waals surface area (Å²) < 4.78 is 14.9. The maximum atomic E-state index is 6.67. The average molecular weight is 779 g/mol. The quantitative estimate of drug-likeness (QED) is 0.171. The Balaban J connectivity index is 0.00000357. The summed E-state index contributed by atoms with van der Waals surface area (Å²) in [5.74, 6) is 2.23. The second kappa shape index (κ2) is 10.6. The van der Waals surface area contributed by atoms with E-state index in [1.807, 2.05) is 12.3 Å². The summed E-state index contributed by atoms with van der Waals surface area (Å²) in [5.41, 5.74) is 9.47. The van der Waals surface area contributed by atoms with Crippen molar-refractivity contribution in [3.8, 4) is 17.2 Å². The van der Waals surface area contributed by atoms with E-state index in [1.54, 1.807) is 0 Å². The molecule has 6 heteroatoms. The van der Waals surface area contributed by atoms with Crippen LogP contribution in [0, 0.1) is 19.1 Å². The first-order valence-electron chi connectivity index (χ1n) is 15.6. The second-order valence-corrected chi connectivity index (χ2v) is 15.0. The van der Waals surface area contributed by atoms with Crippen LogP contribution in [0.1, 0.15) is 102 Å². The number of aryl methyl sites for hydroxylation is 1. The van der Waals surface area contributed by atoms with Gasteiger partial charge in [0.1, 0.15) is 18.2 Å². The summed E-state index contributed by atoms with van der Waals surface area (Å²) in [4.78, 5) is 9.71. The van der Waals surface area contributed by atoms with E-state index in [9.17, 15) is 0 Å². The average Bonchev–Trinajstić information content (AvgIpc) is 3.49. The van der Waals surface area contributed by atoms with Crippen LogP contribution in [0.3, 0.4) is 0 Å². The maximum Gasteiger partial charge on any atom is 2.00 e. The third-order valence-corrected chi connectivity index (χ3v) is 9.21. The van der Waals surface area contributed by atoms with Gasteiger partial charge in [0.2, 0.25) is 0 Å². The Morgan fingerprint density at radius 3 is 2.40 bits per heavy atom. The molecule has 4 heterocycles. The molecule has 7 rings (SSSR count). The van der Waals surface area contributed by atoms with Gasteiger partial charge in [0, 0.05) is 28.5 Å². The molecule has 0 fully saturated rings. The van der Waals surface area contributed by atoms with Crippen molar-refractivity contribution in [1.29, 1.82) is 0 Å². The number of rotatable bonds is 4. The molecule has 5 aromatic rings. The van der Waals surface area contributed by atoms with Crippen LogP contribution in [0.5, 0.6) is 11.5 Å². The predicted octanol–water partition coefficient (Wildman–Crippen LogP) is 9.49. The number of aliphatic imine (C=N–C) groups is 1. The van der Waals surface area contributed by atoms with E-state index in [-0.39, 0.29) is 37.4 Å². The molecule has 0 amide bonds. The summed E-state index contributed by atoms with van der Waals surface area (Å²) >= 11 is 0. The number of nitrogens with zero attached hydrogens (tertiary/aromatic N) is 3. The Labute approximate surface area is 281 Å². The first kappa shape index (κ1) is 31.5. The Kier molecular flexibility index (Phi) is 7.40. The largest absolute Gasteiger partial charge is 2.00 e. The van der Waals surface area contributed by atoms with Gasteiger partial charge in [-0.1, -0.05) is 84.8 Å². The molecular formula is C39H41N3O2Pt. The Morgan fingerprint density at radius 1 is 0.978 bits per heavy atom. The van der Waals surface area contributed by atoms with Gasteiger partial charge in [-0.2, -0.15) is 6.07 Å². The van der Waals surface area contributed by atoms with E-state index >= 15 is 0 Å². The van der Waals surface area contributed by atoms with Gasteiger partial charge < -0.3 is 14.0 Å². The predicted molar refractivity (Wildman–Crippen MR) is 179 cm³/mol. The summed E-state index contributed by atoms with van der Waals surface area (Å²) in [6, 6.07) is 22.6. The molecule has 0 bridgehead atoms. The molecule has 0 atom stereocenters. The normalized spacial score (nSPS) is 16.4. The zero-order valence-corrected chi connectivity index (χ0v) is 30.1. The van der Waals surface area contributed by atoms with Gasteiger partial charge in [-0.15, -0.1) is 28.8 Å². The molecule has 2 aliphatic rings. The van der Waals surface area contributed by atoms with Crippen LogP contribution < -0.4 is 4.74 Å². The summed E-state index contributed by atoms with van der Waals surface area (Å²) in [5, 5.41) is 2.38. The van der Waals surface area contributed by atoms with E-state index in [0.717, 1.165) is 33.4 Å². The van der Waals surface area contributed by atoms with Crippen molar-refractivity contribution in [2.45, 2.75) is 91.5 Å². The van der Waals surface area contributed by atoms with Gasteiger partial charge in [0.25, 0.3) is 0 Å².